The second-order valence-electron chi connectivity index (χ2n) is 4.27. The predicted molar refractivity (Wildman–Crippen MR) is 66.7 cm³/mol. The number of aliphatic hydroxyl groups is 1. The molecule has 1 aliphatic rings. The van der Waals surface area contributed by atoms with E-state index in [1.807, 2.05) is 25.1 Å². The van der Waals surface area contributed by atoms with E-state index in [9.17, 15) is 5.11 Å². The lowest BCUT2D eigenvalue weighted by Gasteiger charge is -2.09. The van der Waals surface area contributed by atoms with Crippen molar-refractivity contribution in [3.63, 3.8) is 0 Å². The number of fused-ring (bicyclic) bond motifs is 3. The van der Waals surface area contributed by atoms with Crippen molar-refractivity contribution in [2.75, 3.05) is 6.61 Å². The second-order valence-corrected chi connectivity index (χ2v) is 4.67. The third-order valence-corrected chi connectivity index (χ3v) is 3.45. The summed E-state index contributed by atoms with van der Waals surface area (Å²) in [4.78, 5) is 4.52. The Morgan fingerprint density at radius 1 is 1.53 bits per heavy atom. The molecule has 0 spiro atoms. The molecule has 0 amide bonds. The van der Waals surface area contributed by atoms with Gasteiger partial charge in [-0.15, -0.1) is 0 Å². The SMILES string of the molecule is Cc1nc2c(Cl)cccc2c2c1C[C@@H](CO)O2. The van der Waals surface area contributed by atoms with E-state index in [1.54, 1.807) is 0 Å². The smallest absolute Gasteiger partial charge is 0.134 e. The van der Waals surface area contributed by atoms with Crippen LogP contribution in [-0.2, 0) is 6.42 Å². The van der Waals surface area contributed by atoms with Crippen LogP contribution in [0.1, 0.15) is 11.3 Å². The van der Waals surface area contributed by atoms with Crippen LogP contribution in [0.15, 0.2) is 18.2 Å². The van der Waals surface area contributed by atoms with Gasteiger partial charge in [-0.2, -0.15) is 0 Å². The highest BCUT2D eigenvalue weighted by atomic mass is 35.5. The topological polar surface area (TPSA) is 42.4 Å². The van der Waals surface area contributed by atoms with Crippen LogP contribution in [0.4, 0.5) is 0 Å². The number of benzene rings is 1. The van der Waals surface area contributed by atoms with Gasteiger partial charge in [0.25, 0.3) is 0 Å². The Balaban J connectivity index is 2.30. The largest absolute Gasteiger partial charge is 0.487 e. The van der Waals surface area contributed by atoms with E-state index in [2.05, 4.69) is 4.98 Å². The summed E-state index contributed by atoms with van der Waals surface area (Å²) in [6, 6.07) is 5.66. The van der Waals surface area contributed by atoms with Crippen LogP contribution in [0.3, 0.4) is 0 Å². The molecule has 0 bridgehead atoms. The number of para-hydroxylation sites is 1. The van der Waals surface area contributed by atoms with E-state index in [-0.39, 0.29) is 12.7 Å². The molecule has 0 fully saturated rings. The molecule has 2 heterocycles. The average molecular weight is 250 g/mol. The van der Waals surface area contributed by atoms with E-state index in [0.29, 0.717) is 11.4 Å². The highest BCUT2D eigenvalue weighted by Crippen LogP contribution is 2.38. The van der Waals surface area contributed by atoms with Gasteiger partial charge in [0.05, 0.1) is 17.1 Å². The minimum Gasteiger partial charge on any atom is -0.487 e. The van der Waals surface area contributed by atoms with Gasteiger partial charge in [0.1, 0.15) is 11.9 Å². The normalized spacial score (nSPS) is 18.2. The minimum atomic E-state index is -0.157. The van der Waals surface area contributed by atoms with Crippen LogP contribution in [0.5, 0.6) is 5.75 Å². The van der Waals surface area contributed by atoms with Crippen molar-refractivity contribution < 1.29 is 9.84 Å². The lowest BCUT2D eigenvalue weighted by atomic mass is 10.1. The first-order valence-electron chi connectivity index (χ1n) is 5.56. The van der Waals surface area contributed by atoms with Gasteiger partial charge in [-0.25, -0.2) is 0 Å². The van der Waals surface area contributed by atoms with Gasteiger partial charge in [-0.3, -0.25) is 4.98 Å². The Morgan fingerprint density at radius 3 is 3.12 bits per heavy atom. The maximum Gasteiger partial charge on any atom is 0.134 e. The standard InChI is InChI=1S/C13H12ClNO2/c1-7-10-5-8(6-16)17-13(10)9-3-2-4-11(14)12(9)15-7/h2-4,8,16H,5-6H2,1H3/t8-/m0/s1. The van der Waals surface area contributed by atoms with Gasteiger partial charge < -0.3 is 9.84 Å². The van der Waals surface area contributed by atoms with Crippen molar-refractivity contribution in [1.82, 2.24) is 4.98 Å². The molecule has 2 aromatic rings. The summed E-state index contributed by atoms with van der Waals surface area (Å²) in [7, 11) is 0. The number of aliphatic hydroxyl groups excluding tert-OH is 1. The quantitative estimate of drug-likeness (QED) is 0.844. The van der Waals surface area contributed by atoms with Gasteiger partial charge in [0, 0.05) is 23.1 Å². The zero-order chi connectivity index (χ0) is 12.0. The highest BCUT2D eigenvalue weighted by molar-refractivity contribution is 6.35. The monoisotopic (exact) mass is 249 g/mol. The molecule has 1 N–H and O–H groups in total. The number of aromatic nitrogens is 1. The average Bonchev–Trinajstić information content (AvgIpc) is 2.76. The Kier molecular flexibility index (Phi) is 2.45. The summed E-state index contributed by atoms with van der Waals surface area (Å²) in [6.07, 6.45) is 0.558. The Hall–Kier alpha value is -1.32. The number of rotatable bonds is 1. The fraction of sp³-hybridized carbons (Fsp3) is 0.308. The molecule has 1 aromatic carbocycles. The molecule has 0 aliphatic carbocycles. The molecule has 1 aromatic heterocycles. The lowest BCUT2D eigenvalue weighted by molar-refractivity contribution is 0.136. The van der Waals surface area contributed by atoms with Crippen LogP contribution in [0, 0.1) is 6.92 Å². The number of pyridine rings is 1. The summed E-state index contributed by atoms with van der Waals surface area (Å²) >= 11 is 6.13. The first-order chi connectivity index (χ1) is 8.20. The van der Waals surface area contributed by atoms with Crippen LogP contribution in [0.25, 0.3) is 10.9 Å². The molecule has 0 unspecified atom stereocenters. The summed E-state index contributed by atoms with van der Waals surface area (Å²) in [6.45, 7) is 1.97. The predicted octanol–water partition coefficient (Wildman–Crippen LogP) is 2.49. The first kappa shape index (κ1) is 10.8. The third kappa shape index (κ3) is 1.58. The highest BCUT2D eigenvalue weighted by Gasteiger charge is 2.27. The van der Waals surface area contributed by atoms with Crippen LogP contribution < -0.4 is 4.74 Å². The Morgan fingerprint density at radius 2 is 2.35 bits per heavy atom. The molecule has 17 heavy (non-hydrogen) atoms. The van der Waals surface area contributed by atoms with E-state index in [0.717, 1.165) is 27.9 Å². The molecular weight excluding hydrogens is 238 g/mol. The van der Waals surface area contributed by atoms with Gasteiger partial charge in [0.15, 0.2) is 0 Å². The first-order valence-corrected chi connectivity index (χ1v) is 5.93. The number of halogens is 1. The molecule has 0 saturated heterocycles. The fourth-order valence-electron chi connectivity index (χ4n) is 2.29. The van der Waals surface area contributed by atoms with Gasteiger partial charge in [-0.1, -0.05) is 17.7 Å². The molecule has 1 atom stereocenters. The number of aryl methyl sites for hydroxylation is 1. The maximum absolute atomic E-state index is 9.18. The fourth-order valence-corrected chi connectivity index (χ4v) is 2.50. The van der Waals surface area contributed by atoms with Crippen LogP contribution in [0.2, 0.25) is 5.02 Å². The molecule has 1 aliphatic heterocycles. The zero-order valence-corrected chi connectivity index (χ0v) is 10.2. The van der Waals surface area contributed by atoms with Crippen molar-refractivity contribution in [2.24, 2.45) is 0 Å². The van der Waals surface area contributed by atoms with Gasteiger partial charge in [0.2, 0.25) is 0 Å². The number of hydrogen-bond acceptors (Lipinski definition) is 3. The van der Waals surface area contributed by atoms with Gasteiger partial charge >= 0.3 is 0 Å². The van der Waals surface area contributed by atoms with Gasteiger partial charge in [-0.05, 0) is 19.1 Å². The maximum atomic E-state index is 9.18. The van der Waals surface area contributed by atoms with Crippen molar-refractivity contribution in [2.45, 2.75) is 19.4 Å². The number of hydrogen-bond donors (Lipinski definition) is 1. The Labute approximate surface area is 104 Å². The Bertz CT molecular complexity index is 597. The molecule has 88 valence electrons. The van der Waals surface area contributed by atoms with E-state index < -0.39 is 0 Å². The molecule has 0 saturated carbocycles. The molecule has 3 rings (SSSR count). The zero-order valence-electron chi connectivity index (χ0n) is 9.40. The molecule has 4 heteroatoms. The minimum absolute atomic E-state index is 0.0240. The van der Waals surface area contributed by atoms with Crippen molar-refractivity contribution >= 4 is 22.5 Å². The summed E-state index contributed by atoms with van der Waals surface area (Å²) in [5.41, 5.74) is 2.78. The van der Waals surface area contributed by atoms with Crippen LogP contribution >= 0.6 is 11.6 Å². The summed E-state index contributed by atoms with van der Waals surface area (Å²) in [5.74, 6) is 0.828. The summed E-state index contributed by atoms with van der Waals surface area (Å²) in [5, 5.41) is 10.7. The molecule has 3 nitrogen and oxygen atoms in total. The van der Waals surface area contributed by atoms with E-state index >= 15 is 0 Å². The van der Waals surface area contributed by atoms with Crippen molar-refractivity contribution in [3.05, 3.63) is 34.5 Å². The van der Waals surface area contributed by atoms with Crippen LogP contribution in [-0.4, -0.2) is 22.8 Å². The van der Waals surface area contributed by atoms with Crippen molar-refractivity contribution in [3.8, 4) is 5.75 Å². The van der Waals surface area contributed by atoms with Crippen molar-refractivity contribution in [1.29, 1.82) is 0 Å². The third-order valence-electron chi connectivity index (χ3n) is 3.14. The van der Waals surface area contributed by atoms with E-state index in [4.69, 9.17) is 16.3 Å². The van der Waals surface area contributed by atoms with E-state index in [1.165, 1.54) is 0 Å². The number of ether oxygens (including phenoxy) is 1. The molecular formula is C13H12ClNO2. The second kappa shape index (κ2) is 3.86. The summed E-state index contributed by atoms with van der Waals surface area (Å²) < 4.78 is 5.76. The lowest BCUT2D eigenvalue weighted by Crippen LogP contribution is -2.17. The molecule has 0 radical (unpaired) electrons. The number of nitrogens with zero attached hydrogens (tertiary/aromatic N) is 1.